The van der Waals surface area contributed by atoms with Crippen molar-refractivity contribution in [2.24, 2.45) is 5.73 Å². The van der Waals surface area contributed by atoms with Gasteiger partial charge in [-0.15, -0.1) is 12.4 Å². The Bertz CT molecular complexity index is 416. The smallest absolute Gasteiger partial charge is 0.232 e. The van der Waals surface area contributed by atoms with Crippen LogP contribution in [0.2, 0.25) is 0 Å². The van der Waals surface area contributed by atoms with Gasteiger partial charge in [-0.25, -0.2) is 0 Å². The number of nitrogens with zero attached hydrogens (tertiary/aromatic N) is 1. The summed E-state index contributed by atoms with van der Waals surface area (Å²) in [5.41, 5.74) is 7.44. The van der Waals surface area contributed by atoms with E-state index in [0.717, 1.165) is 18.7 Å². The molecule has 1 fully saturated rings. The molecule has 5 heteroatoms. The minimum Gasteiger partial charge on any atom is -0.340 e. The Labute approximate surface area is 131 Å². The first kappa shape index (κ1) is 17.3. The van der Waals surface area contributed by atoms with E-state index in [9.17, 15) is 4.79 Å². The van der Waals surface area contributed by atoms with E-state index in [4.69, 9.17) is 5.73 Å². The first-order valence-electron chi connectivity index (χ1n) is 6.88. The highest BCUT2D eigenvalue weighted by Gasteiger charge is 2.33. The van der Waals surface area contributed by atoms with Crippen LogP contribution >= 0.6 is 24.2 Å². The van der Waals surface area contributed by atoms with Gasteiger partial charge in [0.05, 0.1) is 5.75 Å². The van der Waals surface area contributed by atoms with Crippen LogP contribution < -0.4 is 5.73 Å². The second-order valence-electron chi connectivity index (χ2n) is 5.03. The molecule has 3 nitrogen and oxygen atoms in total. The molecule has 0 unspecified atom stereocenters. The molecule has 1 aliphatic rings. The van der Waals surface area contributed by atoms with Crippen molar-refractivity contribution < 1.29 is 4.79 Å². The van der Waals surface area contributed by atoms with Gasteiger partial charge in [-0.2, -0.15) is 11.8 Å². The lowest BCUT2D eigenvalue weighted by molar-refractivity contribution is -0.127. The third kappa shape index (κ3) is 4.40. The molecule has 1 aromatic carbocycles. The Morgan fingerprint density at radius 1 is 1.35 bits per heavy atom. The van der Waals surface area contributed by atoms with Gasteiger partial charge in [0.1, 0.15) is 0 Å². The predicted octanol–water partition coefficient (Wildman–Crippen LogP) is 2.50. The summed E-state index contributed by atoms with van der Waals surface area (Å²) in [6.45, 7) is 3.58. The van der Waals surface area contributed by atoms with Crippen molar-refractivity contribution in [3.8, 4) is 0 Å². The average molecular weight is 315 g/mol. The molecule has 0 aliphatic carbocycles. The topological polar surface area (TPSA) is 46.3 Å². The first-order chi connectivity index (χ1) is 9.22. The van der Waals surface area contributed by atoms with Crippen molar-refractivity contribution in [3.05, 3.63) is 35.9 Å². The van der Waals surface area contributed by atoms with Gasteiger partial charge in [-0.1, -0.05) is 37.3 Å². The van der Waals surface area contributed by atoms with Crippen LogP contribution in [0.25, 0.3) is 0 Å². The monoisotopic (exact) mass is 314 g/mol. The highest BCUT2D eigenvalue weighted by molar-refractivity contribution is 7.99. The van der Waals surface area contributed by atoms with E-state index < -0.39 is 0 Å². The van der Waals surface area contributed by atoms with Gasteiger partial charge in [0, 0.05) is 25.0 Å². The highest BCUT2D eigenvalue weighted by atomic mass is 35.5. The Morgan fingerprint density at radius 3 is 2.70 bits per heavy atom. The molecule has 20 heavy (non-hydrogen) atoms. The lowest BCUT2D eigenvalue weighted by Gasteiger charge is -2.16. The molecule has 2 rings (SSSR count). The fourth-order valence-corrected chi connectivity index (χ4v) is 3.27. The van der Waals surface area contributed by atoms with Gasteiger partial charge in [0.15, 0.2) is 0 Å². The number of rotatable bonds is 5. The number of hydrogen-bond acceptors (Lipinski definition) is 3. The number of nitrogens with two attached hydrogens (primary N) is 1. The van der Waals surface area contributed by atoms with Crippen molar-refractivity contribution in [2.75, 3.05) is 24.6 Å². The summed E-state index contributed by atoms with van der Waals surface area (Å²) in [6, 6.07) is 10.3. The molecule has 1 amide bonds. The third-order valence-electron chi connectivity index (χ3n) is 3.52. The quantitative estimate of drug-likeness (QED) is 0.849. The number of carbonyl (C=O) groups excluding carboxylic acids is 1. The minimum absolute atomic E-state index is 0. The van der Waals surface area contributed by atoms with Gasteiger partial charge in [-0.05, 0) is 17.7 Å². The number of hydrogen-bond donors (Lipinski definition) is 1. The van der Waals surface area contributed by atoms with E-state index in [1.165, 1.54) is 5.56 Å². The zero-order valence-corrected chi connectivity index (χ0v) is 13.5. The van der Waals surface area contributed by atoms with Crippen molar-refractivity contribution in [1.29, 1.82) is 0 Å². The standard InChI is InChI=1S/C15H22N2OS.ClH/c1-2-8-19-11-15(18)17-9-13(14(16)10-17)12-6-4-3-5-7-12;/h3-7,13-14H,2,8-11,16H2,1H3;1H/t13-,14+;/m0./s1. The van der Waals surface area contributed by atoms with E-state index in [0.29, 0.717) is 12.3 Å². The summed E-state index contributed by atoms with van der Waals surface area (Å²) in [7, 11) is 0. The second kappa shape index (κ2) is 8.55. The zero-order chi connectivity index (χ0) is 13.7. The normalized spacial score (nSPS) is 21.6. The Kier molecular flexibility index (Phi) is 7.41. The minimum atomic E-state index is 0. The molecule has 0 bridgehead atoms. The van der Waals surface area contributed by atoms with Crippen LogP contribution in [0, 0.1) is 0 Å². The molecule has 1 heterocycles. The fraction of sp³-hybridized carbons (Fsp3) is 0.533. The van der Waals surface area contributed by atoms with Crippen molar-refractivity contribution >= 4 is 30.1 Å². The highest BCUT2D eigenvalue weighted by Crippen LogP contribution is 2.26. The number of likely N-dealkylation sites (tertiary alicyclic amines) is 1. The van der Waals surface area contributed by atoms with Gasteiger partial charge < -0.3 is 10.6 Å². The van der Waals surface area contributed by atoms with Gasteiger partial charge in [0.25, 0.3) is 0 Å². The summed E-state index contributed by atoms with van der Waals surface area (Å²) in [5, 5.41) is 0. The van der Waals surface area contributed by atoms with Gasteiger partial charge in [0.2, 0.25) is 5.91 Å². The SMILES string of the molecule is CCCSCC(=O)N1C[C@@H](N)[C@H](c2ccccc2)C1.Cl. The summed E-state index contributed by atoms with van der Waals surface area (Å²) in [4.78, 5) is 14.0. The van der Waals surface area contributed by atoms with Crippen molar-refractivity contribution in [3.63, 3.8) is 0 Å². The van der Waals surface area contributed by atoms with E-state index in [1.807, 2.05) is 23.1 Å². The zero-order valence-electron chi connectivity index (χ0n) is 11.8. The van der Waals surface area contributed by atoms with Gasteiger partial charge in [-0.3, -0.25) is 4.79 Å². The predicted molar refractivity (Wildman–Crippen MR) is 88.6 cm³/mol. The molecule has 1 saturated heterocycles. The van der Waals surface area contributed by atoms with Gasteiger partial charge >= 0.3 is 0 Å². The number of carbonyl (C=O) groups is 1. The van der Waals surface area contributed by atoms with Crippen LogP contribution in [0.3, 0.4) is 0 Å². The second-order valence-corrected chi connectivity index (χ2v) is 6.14. The maximum absolute atomic E-state index is 12.1. The van der Waals surface area contributed by atoms with E-state index >= 15 is 0 Å². The summed E-state index contributed by atoms with van der Waals surface area (Å²) in [6.07, 6.45) is 1.12. The molecule has 0 radical (unpaired) electrons. The fourth-order valence-electron chi connectivity index (χ4n) is 2.48. The molecule has 1 aliphatic heterocycles. The summed E-state index contributed by atoms with van der Waals surface area (Å²) in [5.74, 6) is 2.14. The maximum Gasteiger partial charge on any atom is 0.232 e. The number of amides is 1. The summed E-state index contributed by atoms with van der Waals surface area (Å²) >= 11 is 1.71. The van der Waals surface area contributed by atoms with Crippen molar-refractivity contribution in [1.82, 2.24) is 4.90 Å². The van der Waals surface area contributed by atoms with Crippen LogP contribution in [0.1, 0.15) is 24.8 Å². The molecule has 112 valence electrons. The summed E-state index contributed by atoms with van der Waals surface area (Å²) < 4.78 is 0. The molecule has 0 saturated carbocycles. The van der Waals surface area contributed by atoms with Crippen LogP contribution in [-0.4, -0.2) is 41.4 Å². The molecule has 2 atom stereocenters. The van der Waals surface area contributed by atoms with Crippen molar-refractivity contribution in [2.45, 2.75) is 25.3 Å². The largest absolute Gasteiger partial charge is 0.340 e. The molecule has 1 aromatic rings. The molecule has 0 spiro atoms. The van der Waals surface area contributed by atoms with Crippen LogP contribution in [-0.2, 0) is 4.79 Å². The van der Waals surface area contributed by atoms with E-state index in [2.05, 4.69) is 19.1 Å². The van der Waals surface area contributed by atoms with E-state index in [1.54, 1.807) is 11.8 Å². The number of benzene rings is 1. The molecule has 2 N–H and O–H groups in total. The first-order valence-corrected chi connectivity index (χ1v) is 8.04. The number of thioether (sulfide) groups is 1. The van der Waals surface area contributed by atoms with Crippen LogP contribution in [0.4, 0.5) is 0 Å². The maximum atomic E-state index is 12.1. The van der Waals surface area contributed by atoms with Crippen LogP contribution in [0.5, 0.6) is 0 Å². The third-order valence-corrected chi connectivity index (χ3v) is 4.67. The van der Waals surface area contributed by atoms with E-state index in [-0.39, 0.29) is 30.3 Å². The molecular formula is C15H23ClN2OS. The van der Waals surface area contributed by atoms with Crippen LogP contribution in [0.15, 0.2) is 30.3 Å². The molecular weight excluding hydrogens is 292 g/mol. The average Bonchev–Trinajstić information content (AvgIpc) is 2.82. The Morgan fingerprint density at radius 2 is 2.05 bits per heavy atom. The Balaban J connectivity index is 0.00000200. The lowest BCUT2D eigenvalue weighted by atomic mass is 9.95. The lowest BCUT2D eigenvalue weighted by Crippen LogP contribution is -2.33. The molecule has 0 aromatic heterocycles. The Hall–Kier alpha value is -0.710. The number of halogens is 1.